The SMILES string of the molecule is COc1cc2c(cc1C1C(=O)Oc3cc4occc4cc3C1=O)OCO2. The minimum absolute atomic E-state index is 0.0757. The maximum absolute atomic E-state index is 13.1. The van der Waals surface area contributed by atoms with Crippen LogP contribution in [0.3, 0.4) is 0 Å². The first kappa shape index (κ1) is 14.8. The van der Waals surface area contributed by atoms with Crippen LogP contribution < -0.4 is 18.9 Å². The van der Waals surface area contributed by atoms with Gasteiger partial charge < -0.3 is 23.4 Å². The predicted molar refractivity (Wildman–Crippen MR) is 88.0 cm³/mol. The third-order valence-corrected chi connectivity index (χ3v) is 4.56. The number of rotatable bonds is 2. The van der Waals surface area contributed by atoms with Gasteiger partial charge in [-0.1, -0.05) is 0 Å². The highest BCUT2D eigenvalue weighted by molar-refractivity contribution is 6.18. The topological polar surface area (TPSA) is 84.2 Å². The van der Waals surface area contributed by atoms with Crippen molar-refractivity contribution in [3.05, 3.63) is 47.7 Å². The van der Waals surface area contributed by atoms with Gasteiger partial charge in [-0.15, -0.1) is 0 Å². The van der Waals surface area contributed by atoms with Crippen LogP contribution in [0.2, 0.25) is 0 Å². The first-order chi connectivity index (χ1) is 12.7. The van der Waals surface area contributed by atoms with Crippen molar-refractivity contribution in [2.45, 2.75) is 5.92 Å². The first-order valence-electron chi connectivity index (χ1n) is 7.90. The third-order valence-electron chi connectivity index (χ3n) is 4.56. The highest BCUT2D eigenvalue weighted by Gasteiger charge is 2.40. The maximum atomic E-state index is 13.1. The number of ether oxygens (including phenoxy) is 4. The van der Waals surface area contributed by atoms with Crippen LogP contribution in [-0.4, -0.2) is 25.7 Å². The normalized spacial score (nSPS) is 18.0. The number of fused-ring (bicyclic) bond motifs is 3. The van der Waals surface area contributed by atoms with E-state index in [1.807, 2.05) is 0 Å². The minimum Gasteiger partial charge on any atom is -0.496 e. The van der Waals surface area contributed by atoms with E-state index in [1.165, 1.54) is 13.4 Å². The standard InChI is InChI=1S/C19H12O7/c1-22-13-7-16-15(24-8-25-16)5-10(13)17-18(20)11-4-9-2-3-23-12(9)6-14(11)26-19(17)21/h2-7,17H,8H2,1H3. The van der Waals surface area contributed by atoms with E-state index in [9.17, 15) is 9.59 Å². The van der Waals surface area contributed by atoms with Crippen LogP contribution in [0.5, 0.6) is 23.0 Å². The Labute approximate surface area is 147 Å². The summed E-state index contributed by atoms with van der Waals surface area (Å²) >= 11 is 0. The second-order valence-corrected chi connectivity index (χ2v) is 5.97. The fourth-order valence-electron chi connectivity index (χ4n) is 3.31. The zero-order valence-corrected chi connectivity index (χ0v) is 13.6. The Bertz CT molecular complexity index is 1080. The molecule has 130 valence electrons. The lowest BCUT2D eigenvalue weighted by Gasteiger charge is -2.23. The number of esters is 1. The van der Waals surface area contributed by atoms with Gasteiger partial charge in [-0.3, -0.25) is 9.59 Å². The van der Waals surface area contributed by atoms with Gasteiger partial charge in [-0.25, -0.2) is 0 Å². The Morgan fingerprint density at radius 3 is 2.65 bits per heavy atom. The molecule has 26 heavy (non-hydrogen) atoms. The number of methoxy groups -OCH3 is 1. The number of ketones is 1. The molecule has 0 bridgehead atoms. The molecule has 0 saturated heterocycles. The molecule has 1 unspecified atom stereocenters. The molecule has 0 aliphatic carbocycles. The molecule has 0 amide bonds. The summed E-state index contributed by atoms with van der Waals surface area (Å²) in [5.74, 6) is -0.672. The van der Waals surface area contributed by atoms with Crippen LogP contribution in [0.1, 0.15) is 21.8 Å². The van der Waals surface area contributed by atoms with Crippen LogP contribution in [0, 0.1) is 0 Å². The summed E-state index contributed by atoms with van der Waals surface area (Å²) in [4.78, 5) is 25.7. The highest BCUT2D eigenvalue weighted by atomic mass is 16.7. The molecule has 3 heterocycles. The van der Waals surface area contributed by atoms with Gasteiger partial charge >= 0.3 is 5.97 Å². The van der Waals surface area contributed by atoms with Gasteiger partial charge in [-0.2, -0.15) is 0 Å². The molecule has 7 nitrogen and oxygen atoms in total. The number of carbonyl (C=O) groups excluding carboxylic acids is 2. The average Bonchev–Trinajstić information content (AvgIpc) is 3.27. The number of furan rings is 1. The minimum atomic E-state index is -1.14. The Morgan fingerprint density at radius 2 is 1.85 bits per heavy atom. The van der Waals surface area contributed by atoms with Crippen LogP contribution >= 0.6 is 0 Å². The molecular formula is C19H12O7. The lowest BCUT2D eigenvalue weighted by molar-refractivity contribution is -0.135. The molecule has 3 aromatic rings. The summed E-state index contributed by atoms with van der Waals surface area (Å²) in [7, 11) is 1.46. The summed E-state index contributed by atoms with van der Waals surface area (Å²) in [6.45, 7) is 0.0757. The molecular weight excluding hydrogens is 340 g/mol. The van der Waals surface area contributed by atoms with Crippen molar-refractivity contribution in [3.63, 3.8) is 0 Å². The van der Waals surface area contributed by atoms with E-state index in [-0.39, 0.29) is 18.3 Å². The molecule has 0 saturated carbocycles. The molecule has 0 N–H and O–H groups in total. The molecule has 2 aliphatic rings. The zero-order chi connectivity index (χ0) is 17.8. The zero-order valence-electron chi connectivity index (χ0n) is 13.6. The van der Waals surface area contributed by atoms with Crippen molar-refractivity contribution in [2.75, 3.05) is 13.9 Å². The van der Waals surface area contributed by atoms with E-state index in [1.54, 1.807) is 30.3 Å². The van der Waals surface area contributed by atoms with E-state index >= 15 is 0 Å². The monoisotopic (exact) mass is 352 g/mol. The fourth-order valence-corrected chi connectivity index (χ4v) is 3.31. The van der Waals surface area contributed by atoms with Crippen LogP contribution in [0.15, 0.2) is 41.0 Å². The Balaban J connectivity index is 1.66. The van der Waals surface area contributed by atoms with Crippen molar-refractivity contribution in [1.82, 2.24) is 0 Å². The maximum Gasteiger partial charge on any atom is 0.326 e. The highest BCUT2D eigenvalue weighted by Crippen LogP contribution is 2.44. The molecule has 5 rings (SSSR count). The van der Waals surface area contributed by atoms with Crippen LogP contribution in [-0.2, 0) is 4.79 Å². The molecule has 2 aliphatic heterocycles. The van der Waals surface area contributed by atoms with E-state index < -0.39 is 11.9 Å². The number of carbonyl (C=O) groups is 2. The molecule has 0 fully saturated rings. The Morgan fingerprint density at radius 1 is 1.04 bits per heavy atom. The smallest absolute Gasteiger partial charge is 0.326 e. The lowest BCUT2D eigenvalue weighted by atomic mass is 9.87. The van der Waals surface area contributed by atoms with Gasteiger partial charge in [0.15, 0.2) is 17.3 Å². The van der Waals surface area contributed by atoms with Crippen molar-refractivity contribution < 1.29 is 33.0 Å². The van der Waals surface area contributed by atoms with Gasteiger partial charge in [0.05, 0.1) is 18.9 Å². The first-order valence-corrected chi connectivity index (χ1v) is 7.90. The summed E-state index contributed by atoms with van der Waals surface area (Å²) < 4.78 is 26.8. The van der Waals surface area contributed by atoms with Gasteiger partial charge in [-0.05, 0) is 18.2 Å². The Kier molecular flexibility index (Phi) is 3.00. The van der Waals surface area contributed by atoms with Crippen molar-refractivity contribution in [1.29, 1.82) is 0 Å². The molecule has 2 aromatic carbocycles. The van der Waals surface area contributed by atoms with Crippen molar-refractivity contribution in [2.24, 2.45) is 0 Å². The second kappa shape index (κ2) is 5.26. The molecule has 0 spiro atoms. The molecule has 0 radical (unpaired) electrons. The quantitative estimate of drug-likeness (QED) is 0.398. The number of hydrogen-bond acceptors (Lipinski definition) is 7. The molecule has 1 atom stereocenters. The van der Waals surface area contributed by atoms with E-state index in [2.05, 4.69) is 0 Å². The number of benzene rings is 2. The Hall–Kier alpha value is -3.48. The van der Waals surface area contributed by atoms with E-state index in [0.717, 1.165) is 5.39 Å². The largest absolute Gasteiger partial charge is 0.496 e. The predicted octanol–water partition coefficient (Wildman–Crippen LogP) is 3.06. The van der Waals surface area contributed by atoms with Crippen LogP contribution in [0.25, 0.3) is 11.0 Å². The van der Waals surface area contributed by atoms with Gasteiger partial charge in [0.1, 0.15) is 23.0 Å². The fraction of sp³-hybridized carbons (Fsp3) is 0.158. The van der Waals surface area contributed by atoms with Crippen molar-refractivity contribution in [3.8, 4) is 23.0 Å². The van der Waals surface area contributed by atoms with E-state index in [0.29, 0.717) is 34.0 Å². The number of hydrogen-bond donors (Lipinski definition) is 0. The van der Waals surface area contributed by atoms with Gasteiger partial charge in [0.2, 0.25) is 6.79 Å². The molecule has 1 aromatic heterocycles. The average molecular weight is 352 g/mol. The summed E-state index contributed by atoms with van der Waals surface area (Å²) in [5.41, 5.74) is 1.25. The second-order valence-electron chi connectivity index (χ2n) is 5.97. The summed E-state index contributed by atoms with van der Waals surface area (Å²) in [6.07, 6.45) is 1.51. The third kappa shape index (κ3) is 2.00. The molecule has 7 heteroatoms. The van der Waals surface area contributed by atoms with Gasteiger partial charge in [0, 0.05) is 23.1 Å². The van der Waals surface area contributed by atoms with Crippen molar-refractivity contribution >= 4 is 22.7 Å². The van der Waals surface area contributed by atoms with Crippen LogP contribution in [0.4, 0.5) is 0 Å². The summed E-state index contributed by atoms with van der Waals surface area (Å²) in [5, 5.41) is 0.756. The summed E-state index contributed by atoms with van der Waals surface area (Å²) in [6, 6.07) is 8.15. The number of Topliss-reactive ketones (excluding diaryl/α,β-unsaturated/α-hetero) is 1. The van der Waals surface area contributed by atoms with Gasteiger partial charge in [0.25, 0.3) is 0 Å². The van der Waals surface area contributed by atoms with E-state index in [4.69, 9.17) is 23.4 Å². The lowest BCUT2D eigenvalue weighted by Crippen LogP contribution is -2.31.